The average Bonchev–Trinajstić information content (AvgIpc) is 2.87. The van der Waals surface area contributed by atoms with Crippen molar-refractivity contribution in [2.45, 2.75) is 19.8 Å². The van der Waals surface area contributed by atoms with Crippen molar-refractivity contribution < 1.29 is 0 Å². The van der Waals surface area contributed by atoms with E-state index >= 15 is 0 Å². The van der Waals surface area contributed by atoms with E-state index in [9.17, 15) is 0 Å². The third-order valence-electron chi connectivity index (χ3n) is 6.53. The second-order valence-electron chi connectivity index (χ2n) is 8.63. The zero-order valence-electron chi connectivity index (χ0n) is 18.6. The molecule has 0 saturated heterocycles. The smallest absolute Gasteiger partial charge is 0.159 e. The van der Waals surface area contributed by atoms with Crippen LogP contribution in [0.4, 0.5) is 0 Å². The highest BCUT2D eigenvalue weighted by Crippen LogP contribution is 2.37. The highest BCUT2D eigenvalue weighted by Gasteiger charge is 2.14. The Morgan fingerprint density at radius 3 is 1.82 bits per heavy atom. The van der Waals surface area contributed by atoms with Gasteiger partial charge in [-0.05, 0) is 63.7 Å². The SMILES string of the molecule is C/C1=C(\c2ccc3c4ccccc4c4ccccc4c3c2)N=C(c2ccccc2)N=CCC1. The Morgan fingerprint density at radius 2 is 1.15 bits per heavy atom. The largest absolute Gasteiger partial charge is 0.241 e. The van der Waals surface area contributed by atoms with Crippen molar-refractivity contribution in [2.24, 2.45) is 9.98 Å². The zero-order valence-corrected chi connectivity index (χ0v) is 18.6. The number of fused-ring (bicyclic) bond motifs is 6. The molecule has 0 aromatic heterocycles. The number of allylic oxidation sites excluding steroid dienone is 1. The lowest BCUT2D eigenvalue weighted by Gasteiger charge is -2.15. The first kappa shape index (κ1) is 19.6. The summed E-state index contributed by atoms with van der Waals surface area (Å²) in [6.45, 7) is 2.20. The molecule has 0 amide bonds. The van der Waals surface area contributed by atoms with Crippen LogP contribution in [0.2, 0.25) is 0 Å². The standard InChI is InChI=1S/C31H24N2/c1-21-10-9-19-32-31(22-11-3-2-4-12-22)33-30(21)23-17-18-28-26-15-6-5-13-24(26)25-14-7-8-16-27(25)29(28)20-23/h2-8,11-20H,9-10H2,1H3/b30-21-,32-19?,33-31?. The molecular formula is C31H24N2. The molecule has 0 radical (unpaired) electrons. The Labute approximate surface area is 193 Å². The van der Waals surface area contributed by atoms with Gasteiger partial charge >= 0.3 is 0 Å². The summed E-state index contributed by atoms with van der Waals surface area (Å²) in [5.41, 5.74) is 4.51. The van der Waals surface area contributed by atoms with Gasteiger partial charge in [0.25, 0.3) is 0 Å². The second kappa shape index (κ2) is 8.14. The van der Waals surface area contributed by atoms with Crippen LogP contribution in [-0.4, -0.2) is 12.1 Å². The summed E-state index contributed by atoms with van der Waals surface area (Å²) in [4.78, 5) is 9.81. The number of rotatable bonds is 2. The van der Waals surface area contributed by atoms with Gasteiger partial charge in [0.15, 0.2) is 5.84 Å². The number of amidine groups is 1. The molecule has 5 aromatic rings. The fourth-order valence-electron chi connectivity index (χ4n) is 4.87. The van der Waals surface area contributed by atoms with Crippen LogP contribution in [0, 0.1) is 0 Å². The van der Waals surface area contributed by atoms with Gasteiger partial charge in [-0.15, -0.1) is 0 Å². The first-order chi connectivity index (χ1) is 16.3. The summed E-state index contributed by atoms with van der Waals surface area (Å²) in [6.07, 6.45) is 3.87. The van der Waals surface area contributed by atoms with E-state index < -0.39 is 0 Å². The molecule has 0 saturated carbocycles. The van der Waals surface area contributed by atoms with Crippen LogP contribution >= 0.6 is 0 Å². The van der Waals surface area contributed by atoms with Gasteiger partial charge in [-0.25, -0.2) is 9.98 Å². The molecule has 1 heterocycles. The minimum atomic E-state index is 0.771. The van der Waals surface area contributed by atoms with Crippen LogP contribution in [0.25, 0.3) is 38.0 Å². The number of nitrogens with zero attached hydrogens (tertiary/aromatic N) is 2. The maximum absolute atomic E-state index is 5.10. The second-order valence-corrected chi connectivity index (χ2v) is 8.63. The van der Waals surface area contributed by atoms with Gasteiger partial charge in [0, 0.05) is 17.3 Å². The van der Waals surface area contributed by atoms with Crippen molar-refractivity contribution >= 4 is 50.1 Å². The maximum atomic E-state index is 5.10. The molecule has 2 nitrogen and oxygen atoms in total. The fraction of sp³-hybridized carbons (Fsp3) is 0.0968. The van der Waals surface area contributed by atoms with E-state index in [0.29, 0.717) is 0 Å². The lowest BCUT2D eigenvalue weighted by atomic mass is 9.92. The molecule has 158 valence electrons. The molecular weight excluding hydrogens is 400 g/mol. The van der Waals surface area contributed by atoms with E-state index in [1.165, 1.54) is 37.9 Å². The minimum Gasteiger partial charge on any atom is -0.241 e. The summed E-state index contributed by atoms with van der Waals surface area (Å²) in [5, 5.41) is 7.71. The van der Waals surface area contributed by atoms with Crippen molar-refractivity contribution in [3.8, 4) is 0 Å². The van der Waals surface area contributed by atoms with Crippen LogP contribution in [0.15, 0.2) is 113 Å². The van der Waals surface area contributed by atoms with E-state index in [-0.39, 0.29) is 0 Å². The first-order valence-corrected chi connectivity index (χ1v) is 11.5. The van der Waals surface area contributed by atoms with Gasteiger partial charge in [0.1, 0.15) is 0 Å². The van der Waals surface area contributed by atoms with Crippen molar-refractivity contribution in [3.05, 3.63) is 114 Å². The summed E-state index contributed by atoms with van der Waals surface area (Å²) in [7, 11) is 0. The van der Waals surface area contributed by atoms with E-state index in [0.717, 1.165) is 35.5 Å². The van der Waals surface area contributed by atoms with Crippen molar-refractivity contribution in [1.82, 2.24) is 0 Å². The van der Waals surface area contributed by atoms with Crippen LogP contribution in [0.3, 0.4) is 0 Å². The van der Waals surface area contributed by atoms with Gasteiger partial charge in [-0.3, -0.25) is 0 Å². The van der Waals surface area contributed by atoms with E-state index in [2.05, 4.69) is 85.8 Å². The molecule has 0 fully saturated rings. The lowest BCUT2D eigenvalue weighted by molar-refractivity contribution is 1.02. The molecule has 1 aliphatic heterocycles. The Morgan fingerprint density at radius 1 is 0.576 bits per heavy atom. The van der Waals surface area contributed by atoms with Crippen LogP contribution in [0.1, 0.15) is 30.9 Å². The summed E-state index contributed by atoms with van der Waals surface area (Å²) < 4.78 is 0. The van der Waals surface area contributed by atoms with E-state index in [4.69, 9.17) is 9.98 Å². The fourth-order valence-corrected chi connectivity index (χ4v) is 4.87. The molecule has 5 aromatic carbocycles. The first-order valence-electron chi connectivity index (χ1n) is 11.5. The average molecular weight is 425 g/mol. The monoisotopic (exact) mass is 424 g/mol. The normalized spacial score (nSPS) is 16.7. The summed E-state index contributed by atoms with van der Waals surface area (Å²) >= 11 is 0. The lowest BCUT2D eigenvalue weighted by Crippen LogP contribution is -2.02. The number of hydrogen-bond donors (Lipinski definition) is 0. The van der Waals surface area contributed by atoms with Crippen LogP contribution in [-0.2, 0) is 0 Å². The third kappa shape index (κ3) is 3.44. The van der Waals surface area contributed by atoms with Crippen LogP contribution < -0.4 is 0 Å². The predicted molar refractivity (Wildman–Crippen MR) is 142 cm³/mol. The van der Waals surface area contributed by atoms with E-state index in [1.807, 2.05) is 24.4 Å². The zero-order chi connectivity index (χ0) is 22.2. The predicted octanol–water partition coefficient (Wildman–Crippen LogP) is 8.19. The molecule has 0 bridgehead atoms. The molecule has 0 unspecified atom stereocenters. The number of aliphatic imine (C=N–C) groups is 2. The van der Waals surface area contributed by atoms with Crippen molar-refractivity contribution in [3.63, 3.8) is 0 Å². The molecule has 0 spiro atoms. The Balaban J connectivity index is 1.62. The van der Waals surface area contributed by atoms with E-state index in [1.54, 1.807) is 0 Å². The maximum Gasteiger partial charge on any atom is 0.159 e. The van der Waals surface area contributed by atoms with Gasteiger partial charge < -0.3 is 0 Å². The van der Waals surface area contributed by atoms with Crippen LogP contribution in [0.5, 0.6) is 0 Å². The van der Waals surface area contributed by atoms with Gasteiger partial charge in [-0.2, -0.15) is 0 Å². The molecule has 33 heavy (non-hydrogen) atoms. The molecule has 0 aliphatic carbocycles. The molecule has 6 rings (SSSR count). The number of benzene rings is 5. The highest BCUT2D eigenvalue weighted by molar-refractivity contribution is 6.25. The molecule has 1 aliphatic rings. The van der Waals surface area contributed by atoms with Crippen molar-refractivity contribution in [2.75, 3.05) is 0 Å². The Kier molecular flexibility index (Phi) is 4.84. The van der Waals surface area contributed by atoms with Crippen molar-refractivity contribution in [1.29, 1.82) is 0 Å². The highest BCUT2D eigenvalue weighted by atomic mass is 14.9. The number of hydrogen-bond acceptors (Lipinski definition) is 2. The topological polar surface area (TPSA) is 24.7 Å². The van der Waals surface area contributed by atoms with Gasteiger partial charge in [0.2, 0.25) is 0 Å². The third-order valence-corrected chi connectivity index (χ3v) is 6.53. The summed E-state index contributed by atoms with van der Waals surface area (Å²) in [6, 6.07) is 34.5. The molecule has 0 atom stereocenters. The molecule has 2 heteroatoms. The van der Waals surface area contributed by atoms with Gasteiger partial charge in [0.05, 0.1) is 5.70 Å². The Bertz CT molecular complexity index is 1570. The van der Waals surface area contributed by atoms with Gasteiger partial charge in [-0.1, -0.05) is 91.0 Å². The molecule has 0 N–H and O–H groups in total. The minimum absolute atomic E-state index is 0.771. The quantitative estimate of drug-likeness (QED) is 0.255. The summed E-state index contributed by atoms with van der Waals surface area (Å²) in [5.74, 6) is 0.771. The Hall–Kier alpha value is -4.04.